The van der Waals surface area contributed by atoms with Gasteiger partial charge in [-0.25, -0.2) is 0 Å². The molecular weight excluding hydrogens is 388 g/mol. The Morgan fingerprint density at radius 3 is 2.23 bits per heavy atom. The maximum absolute atomic E-state index is 11.9. The first-order valence-electron chi connectivity index (χ1n) is 10.1. The van der Waals surface area contributed by atoms with Crippen LogP contribution in [0.5, 0.6) is 0 Å². The first kappa shape index (κ1) is 25.2. The number of benzene rings is 1. The van der Waals surface area contributed by atoms with Gasteiger partial charge in [-0.05, 0) is 31.0 Å². The van der Waals surface area contributed by atoms with Gasteiger partial charge in [0.25, 0.3) is 0 Å². The van der Waals surface area contributed by atoms with E-state index in [-0.39, 0.29) is 43.2 Å². The lowest BCUT2D eigenvalue weighted by molar-refractivity contribution is -0.128. The lowest BCUT2D eigenvalue weighted by atomic mass is 10.1. The molecule has 0 aromatic heterocycles. The molecular formula is C22H30N2O6. The molecule has 0 aliphatic rings. The minimum atomic E-state index is -0.452. The van der Waals surface area contributed by atoms with Gasteiger partial charge in [-0.2, -0.15) is 0 Å². The monoisotopic (exact) mass is 418 g/mol. The molecule has 0 bridgehead atoms. The van der Waals surface area contributed by atoms with Crippen LogP contribution in [0.2, 0.25) is 0 Å². The number of hydrogen-bond donors (Lipinski definition) is 2. The molecule has 0 heterocycles. The average molecular weight is 418 g/mol. The van der Waals surface area contributed by atoms with E-state index >= 15 is 0 Å². The van der Waals surface area contributed by atoms with Crippen LogP contribution >= 0.6 is 0 Å². The summed E-state index contributed by atoms with van der Waals surface area (Å²) in [7, 11) is 0. The maximum atomic E-state index is 11.9. The van der Waals surface area contributed by atoms with E-state index < -0.39 is 11.8 Å². The number of ketones is 3. The highest BCUT2D eigenvalue weighted by Crippen LogP contribution is 2.11. The number of hydrogen-bond acceptors (Lipinski definition) is 6. The Hall–Kier alpha value is -2.87. The van der Waals surface area contributed by atoms with Crippen LogP contribution in [0, 0.1) is 0 Å². The van der Waals surface area contributed by atoms with Crippen molar-refractivity contribution in [3.8, 4) is 0 Å². The Balaban J connectivity index is 2.22. The summed E-state index contributed by atoms with van der Waals surface area (Å²) in [6.07, 6.45) is 1.45. The highest BCUT2D eigenvalue weighted by molar-refractivity contribution is 6.03. The Morgan fingerprint density at radius 2 is 1.60 bits per heavy atom. The van der Waals surface area contributed by atoms with E-state index in [0.29, 0.717) is 38.2 Å². The summed E-state index contributed by atoms with van der Waals surface area (Å²) in [5.74, 6) is -0.990. The van der Waals surface area contributed by atoms with Crippen LogP contribution in [0.15, 0.2) is 24.3 Å². The number of ether oxygens (including phenoxy) is 1. The molecule has 8 heteroatoms. The van der Waals surface area contributed by atoms with Crippen LogP contribution in [0.4, 0.5) is 5.69 Å². The Morgan fingerprint density at radius 1 is 0.900 bits per heavy atom. The minimum absolute atomic E-state index is 0.0861. The Labute approximate surface area is 176 Å². The lowest BCUT2D eigenvalue weighted by Crippen LogP contribution is -2.30. The molecule has 0 fully saturated rings. The number of Topliss-reactive ketones (excluding diaryl/α,β-unsaturated/α-hetero) is 3. The fourth-order valence-corrected chi connectivity index (χ4v) is 2.60. The van der Waals surface area contributed by atoms with Gasteiger partial charge in [0, 0.05) is 38.1 Å². The fourth-order valence-electron chi connectivity index (χ4n) is 2.60. The molecule has 2 amide bonds. The van der Waals surface area contributed by atoms with Crippen LogP contribution in [0.1, 0.15) is 51.5 Å². The quantitative estimate of drug-likeness (QED) is 0.332. The molecule has 0 spiro atoms. The predicted octanol–water partition coefficient (Wildman–Crippen LogP) is 2.00. The average Bonchev–Trinajstić information content (AvgIpc) is 2.67. The zero-order valence-electron chi connectivity index (χ0n) is 17.6. The third kappa shape index (κ3) is 11.9. The molecule has 8 nitrogen and oxygen atoms in total. The van der Waals surface area contributed by atoms with Crippen LogP contribution in [-0.4, -0.2) is 48.9 Å². The summed E-state index contributed by atoms with van der Waals surface area (Å²) in [5, 5.41) is 5.22. The van der Waals surface area contributed by atoms with E-state index in [1.807, 2.05) is 6.92 Å². The van der Waals surface area contributed by atoms with E-state index in [4.69, 9.17) is 4.74 Å². The van der Waals surface area contributed by atoms with Gasteiger partial charge in [0.2, 0.25) is 11.8 Å². The molecule has 0 radical (unpaired) electrons. The third-order valence-electron chi connectivity index (χ3n) is 4.11. The van der Waals surface area contributed by atoms with Gasteiger partial charge in [-0.1, -0.05) is 19.1 Å². The predicted molar refractivity (Wildman–Crippen MR) is 112 cm³/mol. The standard InChI is InChI=1S/C22H30N2O6/c1-3-19(26)5-4-11-30-12-10-23-21(28)15-22(29)24-18-8-6-17(7-9-18)14-20(27)13-16(2)25/h6-9H,3-5,10-15H2,1-2H3,(H,23,28)(H,24,29). The van der Waals surface area contributed by atoms with Gasteiger partial charge in [0.15, 0.2) is 0 Å². The van der Waals surface area contributed by atoms with E-state index in [0.717, 1.165) is 5.56 Å². The molecule has 164 valence electrons. The van der Waals surface area contributed by atoms with Crippen molar-refractivity contribution in [2.24, 2.45) is 0 Å². The number of nitrogens with one attached hydrogen (secondary N) is 2. The summed E-state index contributed by atoms with van der Waals surface area (Å²) in [6.45, 7) is 4.26. The fraction of sp³-hybridized carbons (Fsp3) is 0.500. The van der Waals surface area contributed by atoms with Crippen LogP contribution in [-0.2, 0) is 35.1 Å². The van der Waals surface area contributed by atoms with Crippen molar-refractivity contribution in [1.29, 1.82) is 0 Å². The van der Waals surface area contributed by atoms with Gasteiger partial charge in [-0.3, -0.25) is 24.0 Å². The lowest BCUT2D eigenvalue weighted by Gasteiger charge is -2.08. The van der Waals surface area contributed by atoms with Crippen molar-refractivity contribution in [2.45, 2.75) is 52.4 Å². The van der Waals surface area contributed by atoms with Gasteiger partial charge in [-0.15, -0.1) is 0 Å². The molecule has 0 aliphatic carbocycles. The van der Waals surface area contributed by atoms with Gasteiger partial charge < -0.3 is 15.4 Å². The van der Waals surface area contributed by atoms with Crippen LogP contribution < -0.4 is 10.6 Å². The van der Waals surface area contributed by atoms with Crippen molar-refractivity contribution in [3.05, 3.63) is 29.8 Å². The smallest absolute Gasteiger partial charge is 0.233 e. The van der Waals surface area contributed by atoms with Crippen molar-refractivity contribution in [1.82, 2.24) is 5.32 Å². The number of anilines is 1. The van der Waals surface area contributed by atoms with Gasteiger partial charge in [0.1, 0.15) is 23.8 Å². The van der Waals surface area contributed by atoms with E-state index in [9.17, 15) is 24.0 Å². The molecule has 0 saturated carbocycles. The first-order valence-corrected chi connectivity index (χ1v) is 10.1. The summed E-state index contributed by atoms with van der Waals surface area (Å²) in [5.41, 5.74) is 1.26. The Bertz CT molecular complexity index is 742. The third-order valence-corrected chi connectivity index (χ3v) is 4.11. The molecule has 2 N–H and O–H groups in total. The molecule has 1 rings (SSSR count). The zero-order valence-corrected chi connectivity index (χ0v) is 17.6. The second-order valence-electron chi connectivity index (χ2n) is 6.97. The molecule has 0 unspecified atom stereocenters. The van der Waals surface area contributed by atoms with E-state index in [1.54, 1.807) is 24.3 Å². The molecule has 0 aliphatic heterocycles. The van der Waals surface area contributed by atoms with E-state index in [1.165, 1.54) is 6.92 Å². The number of carbonyl (C=O) groups excluding carboxylic acids is 5. The number of carbonyl (C=O) groups is 5. The largest absolute Gasteiger partial charge is 0.380 e. The SMILES string of the molecule is CCC(=O)CCCOCCNC(=O)CC(=O)Nc1ccc(CC(=O)CC(C)=O)cc1. The zero-order chi connectivity index (χ0) is 22.4. The molecule has 0 atom stereocenters. The summed E-state index contributed by atoms with van der Waals surface area (Å²) < 4.78 is 5.33. The summed E-state index contributed by atoms with van der Waals surface area (Å²) in [4.78, 5) is 57.5. The minimum Gasteiger partial charge on any atom is -0.380 e. The molecule has 30 heavy (non-hydrogen) atoms. The van der Waals surface area contributed by atoms with E-state index in [2.05, 4.69) is 10.6 Å². The van der Waals surface area contributed by atoms with Crippen molar-refractivity contribution in [2.75, 3.05) is 25.1 Å². The van der Waals surface area contributed by atoms with Crippen LogP contribution in [0.25, 0.3) is 0 Å². The van der Waals surface area contributed by atoms with Crippen molar-refractivity contribution in [3.63, 3.8) is 0 Å². The second kappa shape index (κ2) is 14.2. The maximum Gasteiger partial charge on any atom is 0.233 e. The summed E-state index contributed by atoms with van der Waals surface area (Å²) >= 11 is 0. The number of rotatable bonds is 15. The molecule has 0 saturated heterocycles. The number of amides is 2. The Kier molecular flexibility index (Phi) is 11.9. The van der Waals surface area contributed by atoms with Gasteiger partial charge in [0.05, 0.1) is 13.0 Å². The van der Waals surface area contributed by atoms with Crippen molar-refractivity contribution < 1.29 is 28.7 Å². The van der Waals surface area contributed by atoms with Crippen molar-refractivity contribution >= 4 is 34.9 Å². The molecule has 1 aromatic carbocycles. The highest BCUT2D eigenvalue weighted by atomic mass is 16.5. The van der Waals surface area contributed by atoms with Gasteiger partial charge >= 0.3 is 0 Å². The first-order chi connectivity index (χ1) is 14.3. The summed E-state index contributed by atoms with van der Waals surface area (Å²) in [6, 6.07) is 6.67. The van der Waals surface area contributed by atoms with Crippen LogP contribution in [0.3, 0.4) is 0 Å². The highest BCUT2D eigenvalue weighted by Gasteiger charge is 2.10. The second-order valence-corrected chi connectivity index (χ2v) is 6.97. The topological polar surface area (TPSA) is 119 Å². The normalized spacial score (nSPS) is 10.3. The molecule has 1 aromatic rings.